The number of hydrogen-bond acceptors (Lipinski definition) is 4. The third kappa shape index (κ3) is 5.59. The van der Waals surface area contributed by atoms with Crippen LogP contribution in [0.5, 0.6) is 0 Å². The van der Waals surface area contributed by atoms with Gasteiger partial charge in [-0.05, 0) is 39.0 Å². The molecule has 0 aliphatic heterocycles. The molecular weight excluding hydrogens is 250 g/mol. The second-order valence-corrected chi connectivity index (χ2v) is 5.76. The fourth-order valence-electron chi connectivity index (χ4n) is 2.39. The summed E-state index contributed by atoms with van der Waals surface area (Å²) >= 11 is 0. The van der Waals surface area contributed by atoms with E-state index < -0.39 is 0 Å². The van der Waals surface area contributed by atoms with Crippen molar-refractivity contribution < 1.29 is 0 Å². The molecule has 0 spiro atoms. The monoisotopic (exact) mass is 281 g/mol. The number of nitrogens with zero attached hydrogens (tertiary/aromatic N) is 4. The molecule has 1 atom stereocenters. The highest BCUT2D eigenvalue weighted by atomic mass is 15.3. The minimum atomic E-state index is 0.464. The molecule has 20 heavy (non-hydrogen) atoms. The van der Waals surface area contributed by atoms with Crippen molar-refractivity contribution in [3.8, 4) is 0 Å². The molecule has 116 valence electrons. The van der Waals surface area contributed by atoms with Crippen LogP contribution < -0.4 is 5.32 Å². The van der Waals surface area contributed by atoms with Crippen LogP contribution in [0.15, 0.2) is 6.33 Å². The van der Waals surface area contributed by atoms with Gasteiger partial charge in [0, 0.05) is 19.0 Å². The van der Waals surface area contributed by atoms with Gasteiger partial charge in [-0.2, -0.15) is 5.10 Å². The van der Waals surface area contributed by atoms with Crippen LogP contribution in [0.4, 0.5) is 0 Å². The highest BCUT2D eigenvalue weighted by Crippen LogP contribution is 2.07. The summed E-state index contributed by atoms with van der Waals surface area (Å²) in [5, 5.41) is 7.76. The van der Waals surface area contributed by atoms with E-state index in [1.807, 2.05) is 11.7 Å². The molecule has 0 aromatic carbocycles. The van der Waals surface area contributed by atoms with Crippen LogP contribution in [0.3, 0.4) is 0 Å². The molecule has 1 unspecified atom stereocenters. The quantitative estimate of drug-likeness (QED) is 0.710. The summed E-state index contributed by atoms with van der Waals surface area (Å²) in [6, 6.07) is 0.464. The van der Waals surface area contributed by atoms with Crippen LogP contribution in [0.25, 0.3) is 0 Å². The lowest BCUT2D eigenvalue weighted by molar-refractivity contribution is 0.281. The second-order valence-electron chi connectivity index (χ2n) is 5.76. The van der Waals surface area contributed by atoms with Gasteiger partial charge in [0.05, 0.1) is 0 Å². The molecule has 0 fully saturated rings. The minimum absolute atomic E-state index is 0.464. The maximum atomic E-state index is 4.42. The van der Waals surface area contributed by atoms with E-state index in [1.54, 1.807) is 6.33 Å². The summed E-state index contributed by atoms with van der Waals surface area (Å²) in [5.74, 6) is 1.69. The highest BCUT2D eigenvalue weighted by Gasteiger charge is 2.14. The normalized spacial score (nSPS) is 13.3. The molecule has 0 aliphatic rings. The van der Waals surface area contributed by atoms with E-state index in [1.165, 1.54) is 0 Å². The van der Waals surface area contributed by atoms with E-state index in [9.17, 15) is 0 Å². The molecule has 0 radical (unpaired) electrons. The van der Waals surface area contributed by atoms with Crippen LogP contribution in [-0.4, -0.2) is 52.4 Å². The third-order valence-corrected chi connectivity index (χ3v) is 3.76. The maximum absolute atomic E-state index is 4.42. The van der Waals surface area contributed by atoms with Gasteiger partial charge in [-0.25, -0.2) is 9.67 Å². The number of hydrogen-bond donors (Lipinski definition) is 1. The van der Waals surface area contributed by atoms with Gasteiger partial charge in [-0.1, -0.05) is 27.7 Å². The molecule has 5 heteroatoms. The number of aromatic nitrogens is 3. The van der Waals surface area contributed by atoms with E-state index in [-0.39, 0.29) is 0 Å². The minimum Gasteiger partial charge on any atom is -0.317 e. The van der Waals surface area contributed by atoms with Gasteiger partial charge in [-0.15, -0.1) is 0 Å². The zero-order valence-corrected chi connectivity index (χ0v) is 13.8. The average Bonchev–Trinajstić information content (AvgIpc) is 2.84. The molecule has 0 saturated carbocycles. The number of rotatable bonds is 10. The summed E-state index contributed by atoms with van der Waals surface area (Å²) in [5.41, 5.74) is 0. The summed E-state index contributed by atoms with van der Waals surface area (Å²) in [6.07, 6.45) is 3.77. The van der Waals surface area contributed by atoms with Crippen molar-refractivity contribution in [2.45, 2.75) is 53.1 Å². The van der Waals surface area contributed by atoms with Crippen molar-refractivity contribution in [2.75, 3.05) is 26.7 Å². The summed E-state index contributed by atoms with van der Waals surface area (Å²) in [6.45, 7) is 13.2. The van der Waals surface area contributed by atoms with Gasteiger partial charge >= 0.3 is 0 Å². The number of nitrogens with one attached hydrogen (secondary N) is 1. The summed E-state index contributed by atoms with van der Waals surface area (Å²) in [7, 11) is 2.04. The molecule has 1 rings (SSSR count). The van der Waals surface area contributed by atoms with E-state index in [0.717, 1.165) is 44.8 Å². The second kappa shape index (κ2) is 9.08. The van der Waals surface area contributed by atoms with Gasteiger partial charge in [0.1, 0.15) is 12.2 Å². The van der Waals surface area contributed by atoms with E-state index in [4.69, 9.17) is 0 Å². The average molecular weight is 281 g/mol. The molecule has 1 heterocycles. The van der Waals surface area contributed by atoms with Gasteiger partial charge < -0.3 is 10.2 Å². The number of likely N-dealkylation sites (N-methyl/N-ethyl adjacent to an activating group) is 1. The van der Waals surface area contributed by atoms with Crippen molar-refractivity contribution in [1.82, 2.24) is 25.0 Å². The topological polar surface area (TPSA) is 46.0 Å². The van der Waals surface area contributed by atoms with Gasteiger partial charge in [0.15, 0.2) is 0 Å². The van der Waals surface area contributed by atoms with Crippen molar-refractivity contribution in [3.05, 3.63) is 12.2 Å². The first-order chi connectivity index (χ1) is 9.60. The van der Waals surface area contributed by atoms with Crippen LogP contribution >= 0.6 is 0 Å². The van der Waals surface area contributed by atoms with Crippen molar-refractivity contribution in [2.24, 2.45) is 5.92 Å². The standard InChI is InChI=1S/C15H31N5/c1-6-19(7-2)9-8-14(16-5)10-15-17-12-18-20(15)11-13(3)4/h12-14,16H,6-11H2,1-5H3. The first kappa shape index (κ1) is 17.1. The summed E-state index contributed by atoms with van der Waals surface area (Å²) in [4.78, 5) is 6.88. The smallest absolute Gasteiger partial charge is 0.138 e. The predicted molar refractivity (Wildman–Crippen MR) is 83.8 cm³/mol. The maximum Gasteiger partial charge on any atom is 0.138 e. The fraction of sp³-hybridized carbons (Fsp3) is 0.867. The first-order valence-electron chi connectivity index (χ1n) is 7.86. The zero-order valence-electron chi connectivity index (χ0n) is 13.8. The first-order valence-corrected chi connectivity index (χ1v) is 7.86. The summed E-state index contributed by atoms with van der Waals surface area (Å²) < 4.78 is 2.05. The Balaban J connectivity index is 2.53. The lowest BCUT2D eigenvalue weighted by atomic mass is 10.1. The molecular formula is C15H31N5. The predicted octanol–water partition coefficient (Wildman–Crippen LogP) is 1.80. The molecule has 0 bridgehead atoms. The van der Waals surface area contributed by atoms with Crippen molar-refractivity contribution in [3.63, 3.8) is 0 Å². The van der Waals surface area contributed by atoms with Crippen LogP contribution in [0.2, 0.25) is 0 Å². The molecule has 5 nitrogen and oxygen atoms in total. The largest absolute Gasteiger partial charge is 0.317 e. The molecule has 0 saturated heterocycles. The third-order valence-electron chi connectivity index (χ3n) is 3.76. The van der Waals surface area contributed by atoms with Crippen LogP contribution in [0, 0.1) is 5.92 Å². The molecule has 0 aliphatic carbocycles. The fourth-order valence-corrected chi connectivity index (χ4v) is 2.39. The van der Waals surface area contributed by atoms with Crippen molar-refractivity contribution in [1.29, 1.82) is 0 Å². The van der Waals surface area contributed by atoms with Gasteiger partial charge in [0.25, 0.3) is 0 Å². The van der Waals surface area contributed by atoms with Crippen LogP contribution in [-0.2, 0) is 13.0 Å². The Morgan fingerprint density at radius 3 is 2.55 bits per heavy atom. The Morgan fingerprint density at radius 1 is 1.30 bits per heavy atom. The Hall–Kier alpha value is -0.940. The van der Waals surface area contributed by atoms with E-state index in [0.29, 0.717) is 12.0 Å². The van der Waals surface area contributed by atoms with E-state index in [2.05, 4.69) is 48.0 Å². The Kier molecular flexibility index (Phi) is 7.77. The molecule has 0 amide bonds. The van der Waals surface area contributed by atoms with Gasteiger partial charge in [0.2, 0.25) is 0 Å². The SMILES string of the molecule is CCN(CC)CCC(Cc1ncnn1CC(C)C)NC. The van der Waals surface area contributed by atoms with Crippen molar-refractivity contribution >= 4 is 0 Å². The lowest BCUT2D eigenvalue weighted by Crippen LogP contribution is -2.34. The molecule has 1 N–H and O–H groups in total. The Bertz CT molecular complexity index is 357. The molecule has 1 aromatic rings. The van der Waals surface area contributed by atoms with Gasteiger partial charge in [-0.3, -0.25) is 0 Å². The highest BCUT2D eigenvalue weighted by molar-refractivity contribution is 4.90. The van der Waals surface area contributed by atoms with Crippen LogP contribution in [0.1, 0.15) is 39.9 Å². The Labute approximate surface area is 123 Å². The Morgan fingerprint density at radius 2 is 2.00 bits per heavy atom. The molecule has 1 aromatic heterocycles. The van der Waals surface area contributed by atoms with E-state index >= 15 is 0 Å². The lowest BCUT2D eigenvalue weighted by Gasteiger charge is -2.22. The zero-order chi connectivity index (χ0) is 15.0.